The minimum atomic E-state index is -0.957. The molecule has 2 aliphatic heterocycles. The number of likely N-dealkylation sites (tertiary alicyclic amines) is 1. The largest absolute Gasteiger partial charge is 0.504 e. The first kappa shape index (κ1) is 38.4. The second-order valence-electron chi connectivity index (χ2n) is 12.9. The van der Waals surface area contributed by atoms with Crippen LogP contribution in [0.4, 0.5) is 0 Å². The van der Waals surface area contributed by atoms with E-state index in [4.69, 9.17) is 47.4 Å². The van der Waals surface area contributed by atoms with Gasteiger partial charge in [0.2, 0.25) is 0 Å². The van der Waals surface area contributed by atoms with E-state index in [9.17, 15) is 10.2 Å². The van der Waals surface area contributed by atoms with Gasteiger partial charge < -0.3 is 57.6 Å². The van der Waals surface area contributed by atoms with Crippen LogP contribution in [0.3, 0.4) is 0 Å². The summed E-state index contributed by atoms with van der Waals surface area (Å²) < 4.78 is 56.4. The van der Waals surface area contributed by atoms with Crippen molar-refractivity contribution in [2.75, 3.05) is 126 Å². The molecular weight excluding hydrogens is 638 g/mol. The monoisotopic (exact) mass is 695 g/mol. The van der Waals surface area contributed by atoms with Crippen LogP contribution < -0.4 is 4.74 Å². The fourth-order valence-corrected chi connectivity index (χ4v) is 7.96. The number of hydrogen-bond acceptors (Lipinski definition) is 13. The van der Waals surface area contributed by atoms with Crippen molar-refractivity contribution in [3.8, 4) is 11.5 Å². The summed E-state index contributed by atoms with van der Waals surface area (Å²) in [5.41, 5.74) is 0.582. The average molecular weight is 696 g/mol. The maximum absolute atomic E-state index is 12.4. The number of hydrogen-bond donors (Lipinski definition) is 2. The number of aromatic hydroxyl groups is 1. The van der Waals surface area contributed by atoms with Crippen molar-refractivity contribution in [3.05, 3.63) is 35.9 Å². The second-order valence-corrected chi connectivity index (χ2v) is 12.9. The predicted octanol–water partition coefficient (Wildman–Crippen LogP) is 1.88. The standard InChI is InChI=1S/C36H57NO12/c1-3-9-37-10-8-35-32-28-4-5-29(38)33(32)49-34(35)30(6-7-36(35,39)31(37)27-28)48-26-25-47-24-23-46-22-21-45-20-19-44-18-17-43-16-15-42-14-13-41-12-11-40-2/h3-5,30-31,34,38-39H,1,6-27H2,2H3/t30-,31-,34+,35+,36-/m1/s1. The van der Waals surface area contributed by atoms with E-state index in [0.29, 0.717) is 124 Å². The van der Waals surface area contributed by atoms with Crippen molar-refractivity contribution in [1.82, 2.24) is 4.90 Å². The van der Waals surface area contributed by atoms with Crippen LogP contribution in [-0.2, 0) is 54.5 Å². The number of ether oxygens (including phenoxy) is 10. The summed E-state index contributed by atoms with van der Waals surface area (Å²) in [6.45, 7) is 13.5. The first-order chi connectivity index (χ1) is 24.1. The molecule has 5 atom stereocenters. The highest BCUT2D eigenvalue weighted by Gasteiger charge is 2.73. The number of nitrogens with zero attached hydrogens (tertiary/aromatic N) is 1. The summed E-state index contributed by atoms with van der Waals surface area (Å²) in [6.07, 6.45) is 4.11. The van der Waals surface area contributed by atoms with Gasteiger partial charge in [0.05, 0.1) is 123 Å². The number of methoxy groups -OCH3 is 1. The van der Waals surface area contributed by atoms with Gasteiger partial charge in [-0.05, 0) is 43.9 Å². The summed E-state index contributed by atoms with van der Waals surface area (Å²) in [5, 5.41) is 23.2. The lowest BCUT2D eigenvalue weighted by molar-refractivity contribution is -0.215. The Hall–Kier alpha value is -1.88. The molecule has 4 aliphatic rings. The Balaban J connectivity index is 0.879. The lowest BCUT2D eigenvalue weighted by Gasteiger charge is -2.64. The predicted molar refractivity (Wildman–Crippen MR) is 180 cm³/mol. The lowest BCUT2D eigenvalue weighted by Crippen LogP contribution is -2.77. The van der Waals surface area contributed by atoms with Crippen molar-refractivity contribution in [3.63, 3.8) is 0 Å². The van der Waals surface area contributed by atoms with Gasteiger partial charge in [-0.2, -0.15) is 0 Å². The zero-order valence-electron chi connectivity index (χ0n) is 29.2. The molecule has 278 valence electrons. The summed E-state index contributed by atoms with van der Waals surface area (Å²) in [7, 11) is 1.65. The molecule has 2 N–H and O–H groups in total. The first-order valence-electron chi connectivity index (χ1n) is 17.8. The normalized spacial score (nSPS) is 26.9. The van der Waals surface area contributed by atoms with Crippen molar-refractivity contribution in [2.24, 2.45) is 0 Å². The van der Waals surface area contributed by atoms with Gasteiger partial charge in [0.25, 0.3) is 0 Å². The number of phenolic OH excluding ortho intramolecular Hbond substituents is 1. The molecule has 5 rings (SSSR count). The number of phenols is 1. The Morgan fingerprint density at radius 3 is 1.86 bits per heavy atom. The molecule has 0 radical (unpaired) electrons. The Bertz CT molecular complexity index is 1140. The van der Waals surface area contributed by atoms with Crippen LogP contribution in [0.15, 0.2) is 24.8 Å². The van der Waals surface area contributed by atoms with Gasteiger partial charge in [0, 0.05) is 25.3 Å². The Kier molecular flexibility index (Phi) is 15.4. The topological polar surface area (TPSA) is 136 Å². The minimum Gasteiger partial charge on any atom is -0.504 e. The third-order valence-corrected chi connectivity index (χ3v) is 10.1. The molecule has 2 bridgehead atoms. The van der Waals surface area contributed by atoms with Gasteiger partial charge in [0.15, 0.2) is 11.5 Å². The summed E-state index contributed by atoms with van der Waals surface area (Å²) in [4.78, 5) is 2.35. The molecule has 1 saturated carbocycles. The molecule has 1 aromatic rings. The van der Waals surface area contributed by atoms with E-state index >= 15 is 0 Å². The highest BCUT2D eigenvalue weighted by atomic mass is 16.6. The molecule has 2 heterocycles. The molecule has 2 fully saturated rings. The van der Waals surface area contributed by atoms with E-state index < -0.39 is 11.0 Å². The van der Waals surface area contributed by atoms with Crippen LogP contribution in [0.25, 0.3) is 0 Å². The van der Waals surface area contributed by atoms with E-state index in [2.05, 4.69) is 11.5 Å². The van der Waals surface area contributed by atoms with Gasteiger partial charge in [-0.25, -0.2) is 0 Å². The highest BCUT2D eigenvalue weighted by molar-refractivity contribution is 5.62. The molecule has 13 nitrogen and oxygen atoms in total. The van der Waals surface area contributed by atoms with E-state index in [0.717, 1.165) is 37.1 Å². The summed E-state index contributed by atoms with van der Waals surface area (Å²) in [5.74, 6) is 0.657. The van der Waals surface area contributed by atoms with Crippen molar-refractivity contribution >= 4 is 0 Å². The molecule has 13 heteroatoms. The van der Waals surface area contributed by atoms with Crippen LogP contribution in [-0.4, -0.2) is 165 Å². The van der Waals surface area contributed by atoms with Crippen molar-refractivity contribution in [2.45, 2.75) is 54.9 Å². The van der Waals surface area contributed by atoms with E-state index in [1.165, 1.54) is 0 Å². The highest BCUT2D eigenvalue weighted by Crippen LogP contribution is 2.65. The van der Waals surface area contributed by atoms with Crippen LogP contribution in [0.1, 0.15) is 30.4 Å². The van der Waals surface area contributed by atoms with Crippen LogP contribution in [0.2, 0.25) is 0 Å². The summed E-state index contributed by atoms with van der Waals surface area (Å²) >= 11 is 0. The van der Waals surface area contributed by atoms with Crippen molar-refractivity contribution < 1.29 is 57.6 Å². The van der Waals surface area contributed by atoms with Gasteiger partial charge in [-0.15, -0.1) is 6.58 Å². The van der Waals surface area contributed by atoms with Gasteiger partial charge >= 0.3 is 0 Å². The molecule has 1 aromatic carbocycles. The molecular formula is C36H57NO12. The quantitative estimate of drug-likeness (QED) is 0.103. The number of piperidine rings is 1. The van der Waals surface area contributed by atoms with Crippen molar-refractivity contribution in [1.29, 1.82) is 0 Å². The van der Waals surface area contributed by atoms with Gasteiger partial charge in [0.1, 0.15) is 6.10 Å². The molecule has 2 aliphatic carbocycles. The van der Waals surface area contributed by atoms with Crippen LogP contribution in [0.5, 0.6) is 11.5 Å². The number of benzene rings is 1. The Morgan fingerprint density at radius 1 is 0.796 bits per heavy atom. The number of aliphatic hydroxyl groups is 1. The molecule has 49 heavy (non-hydrogen) atoms. The Labute approximate surface area is 290 Å². The third kappa shape index (κ3) is 9.14. The van der Waals surface area contributed by atoms with Crippen LogP contribution >= 0.6 is 0 Å². The molecule has 0 amide bonds. The lowest BCUT2D eigenvalue weighted by atomic mass is 9.48. The van der Waals surface area contributed by atoms with E-state index in [1.807, 2.05) is 12.1 Å². The Morgan fingerprint density at radius 2 is 1.33 bits per heavy atom. The first-order valence-corrected chi connectivity index (χ1v) is 17.8. The zero-order chi connectivity index (χ0) is 34.4. The third-order valence-electron chi connectivity index (χ3n) is 10.1. The average Bonchev–Trinajstić information content (AvgIpc) is 3.46. The van der Waals surface area contributed by atoms with Gasteiger partial charge in [-0.1, -0.05) is 12.1 Å². The maximum atomic E-state index is 12.4. The zero-order valence-corrected chi connectivity index (χ0v) is 29.2. The van der Waals surface area contributed by atoms with E-state index in [-0.39, 0.29) is 24.0 Å². The summed E-state index contributed by atoms with van der Waals surface area (Å²) in [6, 6.07) is 3.69. The second kappa shape index (κ2) is 19.7. The minimum absolute atomic E-state index is 0.0265. The van der Waals surface area contributed by atoms with Gasteiger partial charge in [-0.3, -0.25) is 4.90 Å². The van der Waals surface area contributed by atoms with Crippen LogP contribution in [0, 0.1) is 0 Å². The number of rotatable bonds is 27. The maximum Gasteiger partial charge on any atom is 0.165 e. The molecule has 0 unspecified atom stereocenters. The molecule has 1 saturated heterocycles. The van der Waals surface area contributed by atoms with E-state index in [1.54, 1.807) is 13.2 Å². The smallest absolute Gasteiger partial charge is 0.165 e. The SMILES string of the molecule is C=CCN1CC[C@]23c4c5ccc(O)c4O[C@H]2[C@H](OCCOCCOCCOCCOCCOCCOCCOCCOC)CC[C@@]3(O)[C@H]1C5. The molecule has 0 aromatic heterocycles. The fraction of sp³-hybridized carbons (Fsp3) is 0.778. The molecule has 1 spiro atoms. The fourth-order valence-electron chi connectivity index (χ4n) is 7.96.